The van der Waals surface area contributed by atoms with Gasteiger partial charge in [0.2, 0.25) is 0 Å². The Morgan fingerprint density at radius 3 is 3.07 bits per heavy atom. The smallest absolute Gasteiger partial charge is 0.162 e. The van der Waals surface area contributed by atoms with E-state index in [1.807, 2.05) is 4.57 Å². The van der Waals surface area contributed by atoms with Crippen molar-refractivity contribution in [2.75, 3.05) is 6.54 Å². The lowest BCUT2D eigenvalue weighted by Gasteiger charge is -2.18. The summed E-state index contributed by atoms with van der Waals surface area (Å²) < 4.78 is 1.94. The predicted octanol–water partition coefficient (Wildman–Crippen LogP) is 0.0832. The maximum absolute atomic E-state index is 9.68. The second-order valence-electron chi connectivity index (χ2n) is 3.74. The first-order valence-electron chi connectivity index (χ1n) is 5.15. The Labute approximate surface area is 88.1 Å². The minimum absolute atomic E-state index is 0.140. The standard InChI is InChI=1S/C10H14N4O/c11-5-7-8-3-1-2-4-14(8)10(13-7)9(15)6-12/h9,15H,1-4,6,12H2. The second kappa shape index (κ2) is 4.01. The molecule has 0 fully saturated rings. The van der Waals surface area contributed by atoms with E-state index < -0.39 is 6.10 Å². The maximum Gasteiger partial charge on any atom is 0.162 e. The van der Waals surface area contributed by atoms with Gasteiger partial charge in [-0.05, 0) is 19.3 Å². The molecule has 2 heterocycles. The number of aromatic nitrogens is 2. The molecule has 15 heavy (non-hydrogen) atoms. The number of nitrogens with two attached hydrogens (primary N) is 1. The van der Waals surface area contributed by atoms with E-state index in [9.17, 15) is 5.11 Å². The molecule has 0 saturated heterocycles. The SMILES string of the molecule is N#Cc1nc(C(O)CN)n2c1CCCC2. The monoisotopic (exact) mass is 206 g/mol. The van der Waals surface area contributed by atoms with Crippen LogP contribution in [-0.4, -0.2) is 21.2 Å². The summed E-state index contributed by atoms with van der Waals surface area (Å²) in [6.45, 7) is 0.970. The summed E-state index contributed by atoms with van der Waals surface area (Å²) in [7, 11) is 0. The Bertz CT molecular complexity index is 404. The zero-order chi connectivity index (χ0) is 10.8. The van der Waals surface area contributed by atoms with E-state index in [2.05, 4.69) is 11.1 Å². The Balaban J connectivity index is 2.48. The van der Waals surface area contributed by atoms with Crippen LogP contribution in [-0.2, 0) is 13.0 Å². The van der Waals surface area contributed by atoms with Crippen LogP contribution in [0, 0.1) is 11.3 Å². The fourth-order valence-corrected chi connectivity index (χ4v) is 2.02. The summed E-state index contributed by atoms with van der Waals surface area (Å²) in [5.74, 6) is 0.545. The van der Waals surface area contributed by atoms with Gasteiger partial charge in [-0.2, -0.15) is 5.26 Å². The van der Waals surface area contributed by atoms with E-state index in [0.717, 1.165) is 31.5 Å². The Morgan fingerprint density at radius 2 is 2.40 bits per heavy atom. The molecule has 80 valence electrons. The van der Waals surface area contributed by atoms with Crippen molar-refractivity contribution in [1.82, 2.24) is 9.55 Å². The molecular formula is C10H14N4O. The molecule has 0 aromatic carbocycles. The highest BCUT2D eigenvalue weighted by Crippen LogP contribution is 2.23. The summed E-state index contributed by atoms with van der Waals surface area (Å²) in [4.78, 5) is 4.15. The van der Waals surface area contributed by atoms with Gasteiger partial charge < -0.3 is 15.4 Å². The molecule has 2 rings (SSSR count). The van der Waals surface area contributed by atoms with Gasteiger partial charge in [0.25, 0.3) is 0 Å². The highest BCUT2D eigenvalue weighted by Gasteiger charge is 2.23. The molecule has 0 spiro atoms. The molecule has 1 aromatic rings. The number of imidazole rings is 1. The van der Waals surface area contributed by atoms with Crippen LogP contribution in [0.4, 0.5) is 0 Å². The van der Waals surface area contributed by atoms with Gasteiger partial charge in [0.15, 0.2) is 5.69 Å². The van der Waals surface area contributed by atoms with Crippen molar-refractivity contribution in [2.45, 2.75) is 31.9 Å². The lowest BCUT2D eigenvalue weighted by atomic mass is 10.1. The first-order chi connectivity index (χ1) is 7.27. The normalized spacial score (nSPS) is 16.9. The third-order valence-electron chi connectivity index (χ3n) is 2.77. The molecule has 1 aromatic heterocycles. The number of aliphatic hydroxyl groups excluding tert-OH is 1. The average molecular weight is 206 g/mol. The second-order valence-corrected chi connectivity index (χ2v) is 3.74. The van der Waals surface area contributed by atoms with E-state index in [1.54, 1.807) is 0 Å². The quantitative estimate of drug-likeness (QED) is 0.717. The van der Waals surface area contributed by atoms with Crippen molar-refractivity contribution in [3.05, 3.63) is 17.2 Å². The largest absolute Gasteiger partial charge is 0.384 e. The summed E-state index contributed by atoms with van der Waals surface area (Å²) in [6, 6.07) is 2.07. The Morgan fingerprint density at radius 1 is 1.60 bits per heavy atom. The topological polar surface area (TPSA) is 87.9 Å². The predicted molar refractivity (Wildman–Crippen MR) is 53.9 cm³/mol. The lowest BCUT2D eigenvalue weighted by Crippen LogP contribution is -2.19. The van der Waals surface area contributed by atoms with Gasteiger partial charge in [0.05, 0.1) is 5.69 Å². The molecule has 0 bridgehead atoms. The molecular weight excluding hydrogens is 192 g/mol. The molecule has 5 heteroatoms. The molecule has 0 aliphatic carbocycles. The van der Waals surface area contributed by atoms with Gasteiger partial charge in [-0.15, -0.1) is 0 Å². The number of nitrogens with zero attached hydrogens (tertiary/aromatic N) is 3. The fraction of sp³-hybridized carbons (Fsp3) is 0.600. The third kappa shape index (κ3) is 1.62. The molecule has 0 radical (unpaired) electrons. The molecule has 1 aliphatic rings. The maximum atomic E-state index is 9.68. The van der Waals surface area contributed by atoms with Crippen LogP contribution in [0.25, 0.3) is 0 Å². The molecule has 5 nitrogen and oxygen atoms in total. The number of fused-ring (bicyclic) bond motifs is 1. The highest BCUT2D eigenvalue weighted by molar-refractivity contribution is 5.30. The highest BCUT2D eigenvalue weighted by atomic mass is 16.3. The Kier molecular flexibility index (Phi) is 2.71. The summed E-state index contributed by atoms with van der Waals surface area (Å²) in [5.41, 5.74) is 6.79. The molecule has 1 aliphatic heterocycles. The van der Waals surface area contributed by atoms with Crippen LogP contribution in [0.2, 0.25) is 0 Å². The molecule has 0 saturated carbocycles. The molecule has 0 amide bonds. The lowest BCUT2D eigenvalue weighted by molar-refractivity contribution is 0.170. The third-order valence-corrected chi connectivity index (χ3v) is 2.77. The average Bonchev–Trinajstić information content (AvgIpc) is 2.67. The van der Waals surface area contributed by atoms with E-state index in [-0.39, 0.29) is 6.54 Å². The zero-order valence-electron chi connectivity index (χ0n) is 8.48. The summed E-state index contributed by atoms with van der Waals surface area (Å²) >= 11 is 0. The minimum Gasteiger partial charge on any atom is -0.384 e. The number of hydrogen-bond donors (Lipinski definition) is 2. The van der Waals surface area contributed by atoms with Crippen LogP contribution in [0.3, 0.4) is 0 Å². The van der Waals surface area contributed by atoms with Gasteiger partial charge in [-0.3, -0.25) is 0 Å². The first-order valence-corrected chi connectivity index (χ1v) is 5.15. The molecule has 3 N–H and O–H groups in total. The number of aliphatic hydroxyl groups is 1. The van der Waals surface area contributed by atoms with Crippen molar-refractivity contribution in [2.24, 2.45) is 5.73 Å². The van der Waals surface area contributed by atoms with Crippen LogP contribution in [0.15, 0.2) is 0 Å². The van der Waals surface area contributed by atoms with E-state index in [4.69, 9.17) is 11.0 Å². The van der Waals surface area contributed by atoms with Gasteiger partial charge >= 0.3 is 0 Å². The Hall–Kier alpha value is -1.38. The van der Waals surface area contributed by atoms with Crippen molar-refractivity contribution < 1.29 is 5.11 Å². The van der Waals surface area contributed by atoms with Crippen LogP contribution < -0.4 is 5.73 Å². The van der Waals surface area contributed by atoms with E-state index in [1.165, 1.54) is 0 Å². The van der Waals surface area contributed by atoms with Gasteiger partial charge in [-0.25, -0.2) is 4.98 Å². The summed E-state index contributed by atoms with van der Waals surface area (Å²) in [5, 5.41) is 18.6. The van der Waals surface area contributed by atoms with Crippen molar-refractivity contribution in [3.63, 3.8) is 0 Å². The van der Waals surface area contributed by atoms with Gasteiger partial charge in [-0.1, -0.05) is 0 Å². The van der Waals surface area contributed by atoms with Gasteiger partial charge in [0, 0.05) is 13.1 Å². The number of hydrogen-bond acceptors (Lipinski definition) is 4. The number of nitriles is 1. The van der Waals surface area contributed by atoms with Crippen LogP contribution >= 0.6 is 0 Å². The van der Waals surface area contributed by atoms with E-state index >= 15 is 0 Å². The van der Waals surface area contributed by atoms with Crippen molar-refractivity contribution in [3.8, 4) is 6.07 Å². The van der Waals surface area contributed by atoms with Crippen LogP contribution in [0.1, 0.15) is 36.2 Å². The van der Waals surface area contributed by atoms with Crippen molar-refractivity contribution in [1.29, 1.82) is 5.26 Å². The molecule has 1 unspecified atom stereocenters. The zero-order valence-corrected chi connectivity index (χ0v) is 8.48. The van der Waals surface area contributed by atoms with Crippen molar-refractivity contribution >= 4 is 0 Å². The fourth-order valence-electron chi connectivity index (χ4n) is 2.02. The van der Waals surface area contributed by atoms with Crippen LogP contribution in [0.5, 0.6) is 0 Å². The van der Waals surface area contributed by atoms with Gasteiger partial charge in [0.1, 0.15) is 18.0 Å². The minimum atomic E-state index is -0.760. The molecule has 1 atom stereocenters. The first kappa shape index (κ1) is 10.1. The van der Waals surface area contributed by atoms with E-state index in [0.29, 0.717) is 11.5 Å². The summed E-state index contributed by atoms with van der Waals surface area (Å²) in [6.07, 6.45) is 2.26. The number of rotatable bonds is 2.